The standard InChI is InChI=1S/C24H25Cl2N5O3S/c1-4-10-35-24-29-23-28-13(2)20(22(27)32)21(31(23)30-24)14-8-9-18(19(11-14)33-3)34-12-15-16(25)6-5-7-17(15)26/h5-9,11,21H,4,10,12H2,1-3H3,(H2,27,32)(H,28,29,30). The lowest BCUT2D eigenvalue weighted by Crippen LogP contribution is -2.31. The van der Waals surface area contributed by atoms with Crippen LogP contribution in [0.1, 0.15) is 37.4 Å². The van der Waals surface area contributed by atoms with Gasteiger partial charge >= 0.3 is 0 Å². The summed E-state index contributed by atoms with van der Waals surface area (Å²) < 4.78 is 13.3. The predicted octanol–water partition coefficient (Wildman–Crippen LogP) is 5.45. The highest BCUT2D eigenvalue weighted by Crippen LogP contribution is 2.39. The molecule has 0 bridgehead atoms. The highest BCUT2D eigenvalue weighted by molar-refractivity contribution is 7.99. The maximum absolute atomic E-state index is 12.5. The largest absolute Gasteiger partial charge is 0.493 e. The van der Waals surface area contributed by atoms with Crippen molar-refractivity contribution < 1.29 is 14.3 Å². The Hall–Kier alpha value is -2.88. The van der Waals surface area contributed by atoms with Crippen molar-refractivity contribution in [2.75, 3.05) is 18.2 Å². The Labute approximate surface area is 217 Å². The summed E-state index contributed by atoms with van der Waals surface area (Å²) in [5, 5.41) is 9.46. The number of nitrogens with two attached hydrogens (primary N) is 1. The van der Waals surface area contributed by atoms with Gasteiger partial charge in [-0.3, -0.25) is 4.79 Å². The van der Waals surface area contributed by atoms with Crippen molar-refractivity contribution in [2.45, 2.75) is 38.1 Å². The van der Waals surface area contributed by atoms with Crippen LogP contribution in [0.3, 0.4) is 0 Å². The Morgan fingerprint density at radius 2 is 1.97 bits per heavy atom. The minimum Gasteiger partial charge on any atom is -0.493 e. The van der Waals surface area contributed by atoms with Crippen molar-refractivity contribution in [1.82, 2.24) is 14.8 Å². The number of carbonyl (C=O) groups excluding carboxylic acids is 1. The number of anilines is 1. The van der Waals surface area contributed by atoms with Crippen LogP contribution in [0.15, 0.2) is 52.8 Å². The zero-order chi connectivity index (χ0) is 25.1. The number of fused-ring (bicyclic) bond motifs is 1. The van der Waals surface area contributed by atoms with E-state index in [9.17, 15) is 4.79 Å². The second kappa shape index (κ2) is 10.8. The number of rotatable bonds is 9. The molecule has 1 unspecified atom stereocenters. The molecule has 1 aliphatic rings. The van der Waals surface area contributed by atoms with Crippen molar-refractivity contribution in [3.63, 3.8) is 0 Å². The second-order valence-corrected chi connectivity index (χ2v) is 9.72. The second-order valence-electron chi connectivity index (χ2n) is 7.84. The van der Waals surface area contributed by atoms with Gasteiger partial charge in [0.25, 0.3) is 0 Å². The average Bonchev–Trinajstić information content (AvgIpc) is 3.23. The van der Waals surface area contributed by atoms with Crippen LogP contribution in [0.25, 0.3) is 0 Å². The van der Waals surface area contributed by atoms with E-state index in [4.69, 9.17) is 38.4 Å². The van der Waals surface area contributed by atoms with Crippen molar-refractivity contribution in [3.8, 4) is 11.5 Å². The number of allylic oxidation sites excluding steroid dienone is 1. The first kappa shape index (κ1) is 25.2. The van der Waals surface area contributed by atoms with E-state index in [1.165, 1.54) is 0 Å². The number of nitrogens with zero attached hydrogens (tertiary/aromatic N) is 3. The summed E-state index contributed by atoms with van der Waals surface area (Å²) in [6.07, 6.45) is 0.993. The van der Waals surface area contributed by atoms with Crippen LogP contribution in [0.5, 0.6) is 11.5 Å². The maximum Gasteiger partial charge on any atom is 0.248 e. The number of amides is 1. The minimum absolute atomic E-state index is 0.165. The van der Waals surface area contributed by atoms with Gasteiger partial charge in [-0.15, -0.1) is 5.10 Å². The molecule has 184 valence electrons. The lowest BCUT2D eigenvalue weighted by Gasteiger charge is -2.28. The molecule has 0 spiro atoms. The number of primary amides is 1. The number of hydrogen-bond acceptors (Lipinski definition) is 7. The zero-order valence-corrected chi connectivity index (χ0v) is 21.8. The first-order chi connectivity index (χ1) is 16.8. The Morgan fingerprint density at radius 1 is 1.23 bits per heavy atom. The van der Waals surface area contributed by atoms with E-state index in [1.807, 2.05) is 6.07 Å². The fraction of sp³-hybridized carbons (Fsp3) is 0.292. The van der Waals surface area contributed by atoms with E-state index in [1.54, 1.807) is 60.8 Å². The molecule has 3 aromatic rings. The summed E-state index contributed by atoms with van der Waals surface area (Å²) in [5.41, 5.74) is 8.24. The molecule has 0 radical (unpaired) electrons. The quantitative estimate of drug-likeness (QED) is 0.352. The van der Waals surface area contributed by atoms with Gasteiger partial charge in [0.2, 0.25) is 17.0 Å². The van der Waals surface area contributed by atoms with Crippen LogP contribution in [0.2, 0.25) is 10.0 Å². The molecule has 11 heteroatoms. The number of thioether (sulfide) groups is 1. The predicted molar refractivity (Wildman–Crippen MR) is 138 cm³/mol. The van der Waals surface area contributed by atoms with Crippen LogP contribution in [0.4, 0.5) is 5.95 Å². The van der Waals surface area contributed by atoms with Crippen molar-refractivity contribution in [1.29, 1.82) is 0 Å². The van der Waals surface area contributed by atoms with Gasteiger partial charge in [-0.2, -0.15) is 4.98 Å². The van der Waals surface area contributed by atoms with E-state index in [0.717, 1.165) is 17.7 Å². The first-order valence-electron chi connectivity index (χ1n) is 10.9. The lowest BCUT2D eigenvalue weighted by atomic mass is 9.95. The monoisotopic (exact) mass is 533 g/mol. The SMILES string of the molecule is CCCSc1nc2n(n1)C(c1ccc(OCc3c(Cl)cccc3Cl)c(OC)c1)C(C(N)=O)=C(C)N2. The summed E-state index contributed by atoms with van der Waals surface area (Å²) >= 11 is 14.1. The van der Waals surface area contributed by atoms with Crippen LogP contribution < -0.4 is 20.5 Å². The third-order valence-electron chi connectivity index (χ3n) is 5.47. The fourth-order valence-electron chi connectivity index (χ4n) is 3.81. The van der Waals surface area contributed by atoms with Gasteiger partial charge in [-0.1, -0.05) is 54.0 Å². The molecule has 2 heterocycles. The molecule has 2 aromatic carbocycles. The maximum atomic E-state index is 12.5. The highest BCUT2D eigenvalue weighted by atomic mass is 35.5. The lowest BCUT2D eigenvalue weighted by molar-refractivity contribution is -0.115. The van der Waals surface area contributed by atoms with Crippen LogP contribution in [-0.2, 0) is 11.4 Å². The zero-order valence-electron chi connectivity index (χ0n) is 19.5. The molecule has 1 amide bonds. The molecule has 8 nitrogen and oxygen atoms in total. The van der Waals surface area contributed by atoms with Gasteiger partial charge in [0, 0.05) is 27.1 Å². The molecule has 1 aliphatic heterocycles. The smallest absolute Gasteiger partial charge is 0.248 e. The van der Waals surface area contributed by atoms with E-state index < -0.39 is 11.9 Å². The third kappa shape index (κ3) is 5.22. The molecule has 0 saturated heterocycles. The van der Waals surface area contributed by atoms with Crippen LogP contribution >= 0.6 is 35.0 Å². The van der Waals surface area contributed by atoms with E-state index in [0.29, 0.717) is 49.5 Å². The number of nitrogens with one attached hydrogen (secondary N) is 1. The van der Waals surface area contributed by atoms with Gasteiger partial charge in [0.05, 0.1) is 12.7 Å². The van der Waals surface area contributed by atoms with Gasteiger partial charge < -0.3 is 20.5 Å². The van der Waals surface area contributed by atoms with Crippen molar-refractivity contribution in [2.24, 2.45) is 5.73 Å². The minimum atomic E-state index is -0.576. The topological polar surface area (TPSA) is 104 Å². The molecule has 0 aliphatic carbocycles. The Morgan fingerprint density at radius 3 is 2.63 bits per heavy atom. The van der Waals surface area contributed by atoms with E-state index in [2.05, 4.69) is 22.3 Å². The normalized spacial score (nSPS) is 14.9. The number of aromatic nitrogens is 3. The molecule has 1 aromatic heterocycles. The Bertz CT molecular complexity index is 1270. The summed E-state index contributed by atoms with van der Waals surface area (Å²) in [6.45, 7) is 4.06. The number of ether oxygens (including phenoxy) is 2. The van der Waals surface area contributed by atoms with Crippen LogP contribution in [-0.4, -0.2) is 33.5 Å². The molecular weight excluding hydrogens is 509 g/mol. The van der Waals surface area contributed by atoms with E-state index >= 15 is 0 Å². The molecule has 3 N–H and O–H groups in total. The number of carbonyl (C=O) groups is 1. The number of methoxy groups -OCH3 is 1. The fourth-order valence-corrected chi connectivity index (χ4v) is 5.00. The first-order valence-corrected chi connectivity index (χ1v) is 12.7. The summed E-state index contributed by atoms with van der Waals surface area (Å²) in [4.78, 5) is 17.0. The molecular formula is C24H25Cl2N5O3S. The van der Waals surface area contributed by atoms with Crippen molar-refractivity contribution in [3.05, 3.63) is 68.8 Å². The van der Waals surface area contributed by atoms with Gasteiger partial charge in [0.1, 0.15) is 12.6 Å². The Kier molecular flexibility index (Phi) is 7.78. The molecule has 35 heavy (non-hydrogen) atoms. The third-order valence-corrected chi connectivity index (χ3v) is 7.22. The summed E-state index contributed by atoms with van der Waals surface area (Å²) in [6, 6.07) is 10.1. The van der Waals surface area contributed by atoms with E-state index in [-0.39, 0.29) is 6.61 Å². The van der Waals surface area contributed by atoms with Crippen molar-refractivity contribution >= 4 is 46.8 Å². The number of hydrogen-bond donors (Lipinski definition) is 2. The van der Waals surface area contributed by atoms with Gasteiger partial charge in [0.15, 0.2) is 11.5 Å². The number of halogens is 2. The molecule has 0 fully saturated rings. The molecule has 0 saturated carbocycles. The van der Waals surface area contributed by atoms with Crippen LogP contribution in [0, 0.1) is 0 Å². The Balaban J connectivity index is 1.70. The van der Waals surface area contributed by atoms with Gasteiger partial charge in [-0.05, 0) is 43.2 Å². The average molecular weight is 534 g/mol. The summed E-state index contributed by atoms with van der Waals surface area (Å²) in [7, 11) is 1.55. The van der Waals surface area contributed by atoms with Gasteiger partial charge in [-0.25, -0.2) is 4.68 Å². The molecule has 1 atom stereocenters. The number of benzene rings is 2. The summed E-state index contributed by atoms with van der Waals surface area (Å²) in [5.74, 6) is 1.87. The highest BCUT2D eigenvalue weighted by Gasteiger charge is 2.34. The molecule has 4 rings (SSSR count).